The first-order valence-corrected chi connectivity index (χ1v) is 11.8. The van der Waals surface area contributed by atoms with Crippen molar-refractivity contribution in [1.29, 1.82) is 0 Å². The van der Waals surface area contributed by atoms with Crippen molar-refractivity contribution in [2.45, 2.75) is 39.5 Å². The summed E-state index contributed by atoms with van der Waals surface area (Å²) in [5.41, 5.74) is 3.40. The van der Waals surface area contributed by atoms with Crippen molar-refractivity contribution >= 4 is 29.2 Å². The topological polar surface area (TPSA) is 99.2 Å². The van der Waals surface area contributed by atoms with Crippen LogP contribution in [0.2, 0.25) is 0 Å². The van der Waals surface area contributed by atoms with Crippen molar-refractivity contribution < 1.29 is 24.2 Å². The van der Waals surface area contributed by atoms with Gasteiger partial charge in [-0.05, 0) is 62.1 Å². The van der Waals surface area contributed by atoms with E-state index in [1.54, 1.807) is 17.9 Å². The van der Waals surface area contributed by atoms with Gasteiger partial charge >= 0.3 is 6.09 Å². The smallest absolute Gasteiger partial charge is 0.407 e. The van der Waals surface area contributed by atoms with E-state index in [4.69, 9.17) is 4.74 Å². The molecule has 8 heteroatoms. The summed E-state index contributed by atoms with van der Waals surface area (Å²) in [4.78, 5) is 39.0. The highest BCUT2D eigenvalue weighted by Crippen LogP contribution is 2.29. The van der Waals surface area contributed by atoms with Crippen molar-refractivity contribution in [3.05, 3.63) is 53.6 Å². The van der Waals surface area contributed by atoms with Crippen LogP contribution in [-0.2, 0) is 11.2 Å². The van der Waals surface area contributed by atoms with Gasteiger partial charge in [-0.25, -0.2) is 4.79 Å². The number of nitrogens with zero attached hydrogens (tertiary/aromatic N) is 2. The first-order chi connectivity index (χ1) is 16.4. The second kappa shape index (κ2) is 12.1. The van der Waals surface area contributed by atoms with Crippen molar-refractivity contribution in [3.63, 3.8) is 0 Å². The highest BCUT2D eigenvalue weighted by molar-refractivity contribution is 5.98. The molecule has 0 saturated heterocycles. The molecule has 3 rings (SSSR count). The fourth-order valence-corrected chi connectivity index (χ4v) is 4.16. The van der Waals surface area contributed by atoms with Crippen LogP contribution in [-0.4, -0.2) is 60.6 Å². The summed E-state index contributed by atoms with van der Waals surface area (Å²) in [7, 11) is 0. The van der Waals surface area contributed by atoms with Crippen LogP contribution in [0.15, 0.2) is 42.5 Å². The van der Waals surface area contributed by atoms with Gasteiger partial charge in [-0.15, -0.1) is 0 Å². The van der Waals surface area contributed by atoms with Gasteiger partial charge in [0, 0.05) is 50.8 Å². The predicted molar refractivity (Wildman–Crippen MR) is 132 cm³/mol. The number of amides is 2. The SMILES string of the molecule is CCOc1ccccc1NCCN(CCCCC(=O)c1ccc2c(c1)CCN2C(C)=O)C(=O)O. The molecule has 0 aromatic heterocycles. The van der Waals surface area contributed by atoms with E-state index in [1.165, 1.54) is 4.90 Å². The molecule has 0 bridgehead atoms. The number of Topliss-reactive ketones (excluding diaryl/α,β-unsaturated/α-hetero) is 1. The Kier molecular flexibility index (Phi) is 8.90. The summed E-state index contributed by atoms with van der Waals surface area (Å²) in [5, 5.41) is 12.8. The Bertz CT molecular complexity index is 1020. The van der Waals surface area contributed by atoms with Crippen molar-refractivity contribution in [2.75, 3.05) is 43.0 Å². The van der Waals surface area contributed by atoms with E-state index < -0.39 is 6.09 Å². The number of benzene rings is 2. The van der Waals surface area contributed by atoms with Gasteiger partial charge in [0.15, 0.2) is 5.78 Å². The third-order valence-corrected chi connectivity index (χ3v) is 5.91. The zero-order valence-corrected chi connectivity index (χ0v) is 19.9. The van der Waals surface area contributed by atoms with E-state index in [-0.39, 0.29) is 11.7 Å². The Labute approximate surface area is 200 Å². The maximum Gasteiger partial charge on any atom is 0.407 e. The molecule has 2 aromatic carbocycles. The minimum absolute atomic E-state index is 0.00881. The fraction of sp³-hybridized carbons (Fsp3) is 0.423. The van der Waals surface area contributed by atoms with E-state index in [1.807, 2.05) is 43.3 Å². The Morgan fingerprint density at radius 2 is 1.91 bits per heavy atom. The van der Waals surface area contributed by atoms with Crippen molar-refractivity contribution in [3.8, 4) is 5.75 Å². The molecule has 0 aliphatic carbocycles. The number of hydrogen-bond donors (Lipinski definition) is 2. The molecule has 1 aliphatic rings. The maximum absolute atomic E-state index is 12.6. The molecule has 0 spiro atoms. The van der Waals surface area contributed by atoms with Gasteiger partial charge in [0.25, 0.3) is 0 Å². The van der Waals surface area contributed by atoms with Gasteiger partial charge in [-0.1, -0.05) is 12.1 Å². The number of hydrogen-bond acceptors (Lipinski definition) is 5. The van der Waals surface area contributed by atoms with Gasteiger partial charge in [-0.2, -0.15) is 0 Å². The Morgan fingerprint density at radius 3 is 2.65 bits per heavy atom. The maximum atomic E-state index is 12.6. The Morgan fingerprint density at radius 1 is 1.12 bits per heavy atom. The van der Waals surface area contributed by atoms with Crippen LogP contribution in [0.5, 0.6) is 5.75 Å². The molecular weight excluding hydrogens is 434 g/mol. The van der Waals surface area contributed by atoms with Crippen molar-refractivity contribution in [2.24, 2.45) is 0 Å². The number of carbonyl (C=O) groups is 3. The number of anilines is 2. The quantitative estimate of drug-likeness (QED) is 0.354. The molecular formula is C26H33N3O5. The second-order valence-electron chi connectivity index (χ2n) is 8.27. The molecule has 182 valence electrons. The summed E-state index contributed by atoms with van der Waals surface area (Å²) in [6, 6.07) is 13.1. The van der Waals surface area contributed by atoms with Gasteiger partial charge in [-0.3, -0.25) is 9.59 Å². The van der Waals surface area contributed by atoms with Gasteiger partial charge < -0.3 is 25.0 Å². The number of carbonyl (C=O) groups excluding carboxylic acids is 2. The lowest BCUT2D eigenvalue weighted by molar-refractivity contribution is -0.116. The number of ether oxygens (including phenoxy) is 1. The van der Waals surface area contributed by atoms with Crippen molar-refractivity contribution in [1.82, 2.24) is 4.90 Å². The van der Waals surface area contributed by atoms with Crippen LogP contribution < -0.4 is 15.0 Å². The van der Waals surface area contributed by atoms with Crippen LogP contribution >= 0.6 is 0 Å². The third kappa shape index (κ3) is 6.50. The lowest BCUT2D eigenvalue weighted by Crippen LogP contribution is -2.34. The number of nitrogens with one attached hydrogen (secondary N) is 1. The highest BCUT2D eigenvalue weighted by Gasteiger charge is 2.23. The van der Waals surface area contributed by atoms with Crippen LogP contribution in [0, 0.1) is 0 Å². The monoisotopic (exact) mass is 467 g/mol. The number of para-hydroxylation sites is 2. The molecule has 0 unspecified atom stereocenters. The summed E-state index contributed by atoms with van der Waals surface area (Å²) in [6.07, 6.45) is 1.37. The largest absolute Gasteiger partial charge is 0.492 e. The highest BCUT2D eigenvalue weighted by atomic mass is 16.5. The first-order valence-electron chi connectivity index (χ1n) is 11.8. The van der Waals surface area contributed by atoms with E-state index in [0.29, 0.717) is 57.6 Å². The molecule has 0 saturated carbocycles. The minimum atomic E-state index is -0.972. The average Bonchev–Trinajstić information content (AvgIpc) is 3.25. The van der Waals surface area contributed by atoms with Crippen LogP contribution in [0.3, 0.4) is 0 Å². The average molecular weight is 468 g/mol. The van der Waals surface area contributed by atoms with Gasteiger partial charge in [0.1, 0.15) is 5.75 Å². The number of carboxylic acid groups (broad SMARTS) is 1. The second-order valence-corrected chi connectivity index (χ2v) is 8.27. The predicted octanol–water partition coefficient (Wildman–Crippen LogP) is 4.44. The third-order valence-electron chi connectivity index (χ3n) is 5.91. The standard InChI is InChI=1S/C26H33N3O5/c1-3-34-25-10-5-4-8-22(25)27-14-17-28(26(32)33)15-7-6-9-24(31)21-11-12-23-20(18-21)13-16-29(23)19(2)30/h4-5,8,10-12,18,27H,3,6-7,9,13-17H2,1-2H3,(H,32,33). The number of ketones is 1. The first kappa shape index (κ1) is 25.1. The van der Waals surface area contributed by atoms with E-state index in [2.05, 4.69) is 5.32 Å². The number of rotatable bonds is 12. The molecule has 0 fully saturated rings. The van der Waals surface area contributed by atoms with E-state index in [9.17, 15) is 19.5 Å². The van der Waals surface area contributed by atoms with Crippen LogP contribution in [0.4, 0.5) is 16.2 Å². The molecule has 2 aromatic rings. The lowest BCUT2D eigenvalue weighted by Gasteiger charge is -2.20. The minimum Gasteiger partial charge on any atom is -0.492 e. The molecule has 1 heterocycles. The molecule has 2 amide bonds. The zero-order chi connectivity index (χ0) is 24.5. The molecule has 0 atom stereocenters. The van der Waals surface area contributed by atoms with Gasteiger partial charge in [0.2, 0.25) is 5.91 Å². The molecule has 34 heavy (non-hydrogen) atoms. The Balaban J connectivity index is 1.43. The number of unbranched alkanes of at least 4 members (excludes halogenated alkanes) is 1. The Hall–Kier alpha value is -3.55. The normalized spacial score (nSPS) is 12.2. The summed E-state index contributed by atoms with van der Waals surface area (Å²) in [5.74, 6) is 0.792. The summed E-state index contributed by atoms with van der Waals surface area (Å²) in [6.45, 7) is 5.84. The van der Waals surface area contributed by atoms with E-state index >= 15 is 0 Å². The molecule has 2 N–H and O–H groups in total. The van der Waals surface area contributed by atoms with Gasteiger partial charge in [0.05, 0.1) is 12.3 Å². The lowest BCUT2D eigenvalue weighted by atomic mass is 10.0. The number of fused-ring (bicyclic) bond motifs is 1. The fourth-order valence-electron chi connectivity index (χ4n) is 4.16. The zero-order valence-electron chi connectivity index (χ0n) is 19.9. The summed E-state index contributed by atoms with van der Waals surface area (Å²) < 4.78 is 5.58. The molecule has 8 nitrogen and oxygen atoms in total. The summed E-state index contributed by atoms with van der Waals surface area (Å²) >= 11 is 0. The van der Waals surface area contributed by atoms with E-state index in [0.717, 1.165) is 29.1 Å². The molecule has 0 radical (unpaired) electrons. The van der Waals surface area contributed by atoms with Crippen LogP contribution in [0.25, 0.3) is 0 Å². The molecule has 1 aliphatic heterocycles. The van der Waals surface area contributed by atoms with Crippen LogP contribution in [0.1, 0.15) is 49.0 Å².